The van der Waals surface area contributed by atoms with Crippen LogP contribution in [0.2, 0.25) is 0 Å². The first-order chi connectivity index (χ1) is 23.8. The molecular weight excluding hydrogens is 661 g/mol. The first-order valence-electron chi connectivity index (χ1n) is 16.6. The van der Waals surface area contributed by atoms with Gasteiger partial charge in [-0.2, -0.15) is 4.31 Å². The van der Waals surface area contributed by atoms with Crippen molar-refractivity contribution in [3.05, 3.63) is 0 Å². The number of nitrogens with zero attached hydrogens (tertiary/aromatic N) is 8. The second-order valence-electron chi connectivity index (χ2n) is 12.0. The van der Waals surface area contributed by atoms with Crippen LogP contribution >= 0.6 is 0 Å². The molecule has 0 aromatic heterocycles. The minimum Gasteiger partial charge on any atom is -0.351 e. The van der Waals surface area contributed by atoms with Crippen LogP contribution < -0.4 is 11.1 Å². The van der Waals surface area contributed by atoms with Gasteiger partial charge in [0.25, 0.3) is 0 Å². The second kappa shape index (κ2) is 24.2. The lowest BCUT2D eigenvalue weighted by molar-refractivity contribution is -0.130. The third-order valence-corrected chi connectivity index (χ3v) is 9.74. The number of hydrogen-bond acceptors (Lipinski definition) is 9. The van der Waals surface area contributed by atoms with E-state index in [4.69, 9.17) is 31.4 Å². The Morgan fingerprint density at radius 2 is 0.880 bits per heavy atom. The molecule has 4 fully saturated rings. The van der Waals surface area contributed by atoms with Crippen molar-refractivity contribution in [3.63, 3.8) is 0 Å². The van der Waals surface area contributed by atoms with Gasteiger partial charge in [0.05, 0.1) is 32.4 Å². The highest BCUT2D eigenvalue weighted by atomic mass is 32.2. The summed E-state index contributed by atoms with van der Waals surface area (Å²) >= 11 is 0. The van der Waals surface area contributed by atoms with Crippen LogP contribution in [0, 0.1) is 49.4 Å². The van der Waals surface area contributed by atoms with E-state index in [1.807, 2.05) is 4.90 Å². The third kappa shape index (κ3) is 17.6. The van der Waals surface area contributed by atoms with Crippen LogP contribution in [0.5, 0.6) is 0 Å². The smallest absolute Gasteiger partial charge is 0.317 e. The van der Waals surface area contributed by atoms with Crippen LogP contribution in [0.15, 0.2) is 0 Å². The first-order valence-corrected chi connectivity index (χ1v) is 18.5. The van der Waals surface area contributed by atoms with Crippen molar-refractivity contribution in [3.8, 4) is 49.4 Å². The molecule has 0 aromatic rings. The van der Waals surface area contributed by atoms with E-state index < -0.39 is 10.0 Å². The van der Waals surface area contributed by atoms with E-state index in [0.717, 1.165) is 78.5 Å². The Labute approximate surface area is 300 Å². The van der Waals surface area contributed by atoms with Gasteiger partial charge in [-0.15, -0.1) is 25.7 Å². The zero-order chi connectivity index (χ0) is 37.5. The van der Waals surface area contributed by atoms with E-state index >= 15 is 0 Å². The van der Waals surface area contributed by atoms with E-state index in [1.165, 1.54) is 10.6 Å². The van der Waals surface area contributed by atoms with Gasteiger partial charge in [-0.25, -0.2) is 18.0 Å². The standard InChI is InChI=1S/C9H15N3O.C9H14N2O.C8H13N3O.C8H14N2O2S/c1-3-4-11-5-7-12(8-6-11)9(13)10-2;1-3-4-10-5-7-11(8-6-10)9(2)12;1-2-3-10-4-6-11(7-5-10)8(9)12;1-3-4-9-5-7-10(8-6-9)13(2,11)12/h1H,4-8H2,2H3,(H,10,13);1H,4-8H2,2H3;1H,3-7H2,(H2,9,12);1H,4-8H2,2H3. The molecule has 16 heteroatoms. The van der Waals surface area contributed by atoms with E-state index in [9.17, 15) is 22.8 Å². The van der Waals surface area contributed by atoms with Gasteiger partial charge in [-0.05, 0) is 0 Å². The van der Waals surface area contributed by atoms with Gasteiger partial charge < -0.3 is 25.8 Å². The molecule has 4 aliphatic rings. The van der Waals surface area contributed by atoms with E-state index in [-0.39, 0.29) is 18.0 Å². The lowest BCUT2D eigenvalue weighted by atomic mass is 10.3. The van der Waals surface area contributed by atoms with Gasteiger partial charge in [0.1, 0.15) is 0 Å². The second-order valence-corrected chi connectivity index (χ2v) is 13.9. The Balaban J connectivity index is 0.000000334. The van der Waals surface area contributed by atoms with Gasteiger partial charge >= 0.3 is 12.1 Å². The molecule has 4 saturated heterocycles. The number of piperazine rings is 4. The summed E-state index contributed by atoms with van der Waals surface area (Å²) in [7, 11) is -1.36. The molecule has 3 N–H and O–H groups in total. The summed E-state index contributed by atoms with van der Waals surface area (Å²) in [5, 5.41) is 2.61. The summed E-state index contributed by atoms with van der Waals surface area (Å²) in [5.74, 6) is 10.5. The van der Waals surface area contributed by atoms with Crippen molar-refractivity contribution in [2.45, 2.75) is 6.92 Å². The van der Waals surface area contributed by atoms with Gasteiger partial charge in [0.2, 0.25) is 15.9 Å². The summed E-state index contributed by atoms with van der Waals surface area (Å²) in [6.45, 7) is 16.6. The van der Waals surface area contributed by atoms with Crippen molar-refractivity contribution < 1.29 is 22.8 Å². The molecule has 0 radical (unpaired) electrons. The molecular formula is C34H56N10O5S. The van der Waals surface area contributed by atoms with Crippen LogP contribution in [0.1, 0.15) is 6.92 Å². The molecule has 15 nitrogen and oxygen atoms in total. The molecule has 0 atom stereocenters. The topological polar surface area (TPSA) is 149 Å². The number of nitrogens with one attached hydrogen (secondary N) is 1. The number of urea groups is 2. The third-order valence-electron chi connectivity index (χ3n) is 8.43. The predicted octanol–water partition coefficient (Wildman–Crippen LogP) is -2.13. The van der Waals surface area contributed by atoms with Crippen molar-refractivity contribution in [1.29, 1.82) is 0 Å². The Bertz CT molecular complexity index is 1270. The summed E-state index contributed by atoms with van der Waals surface area (Å²) in [4.78, 5) is 46.7. The van der Waals surface area contributed by atoms with Crippen molar-refractivity contribution in [1.82, 2.24) is 43.9 Å². The highest BCUT2D eigenvalue weighted by molar-refractivity contribution is 7.88. The van der Waals surface area contributed by atoms with Crippen LogP contribution in [-0.2, 0) is 14.8 Å². The Kier molecular flexibility index (Phi) is 21.3. The normalized spacial score (nSPS) is 19.2. The molecule has 5 amide bonds. The minimum absolute atomic E-state index is 0.000331. The summed E-state index contributed by atoms with van der Waals surface area (Å²) in [6, 6.07) is -0.337. The molecule has 4 aliphatic heterocycles. The Morgan fingerprint density at radius 3 is 1.14 bits per heavy atom. The molecule has 0 spiro atoms. The Morgan fingerprint density at radius 1 is 0.580 bits per heavy atom. The lowest BCUT2D eigenvalue weighted by Crippen LogP contribution is -2.51. The molecule has 0 bridgehead atoms. The Hall–Kier alpha value is -4.00. The van der Waals surface area contributed by atoms with E-state index in [0.29, 0.717) is 52.4 Å². The summed E-state index contributed by atoms with van der Waals surface area (Å²) in [6.07, 6.45) is 21.9. The number of carbonyl (C=O) groups is 3. The number of amides is 5. The number of sulfonamides is 1. The largest absolute Gasteiger partial charge is 0.351 e. The maximum Gasteiger partial charge on any atom is 0.317 e. The molecule has 0 aliphatic carbocycles. The maximum atomic E-state index is 11.2. The first kappa shape index (κ1) is 44.0. The number of primary amides is 1. The number of hydrogen-bond donors (Lipinski definition) is 2. The fourth-order valence-corrected chi connectivity index (χ4v) is 6.18. The molecule has 4 heterocycles. The molecule has 0 saturated carbocycles. The SMILES string of the molecule is C#CCN1CCN(C(=O)NC)CC1.C#CCN1CCN(C(C)=O)CC1.C#CCN1CCN(C(N)=O)CC1.C#CCN1CCN(S(C)(=O)=O)CC1. The van der Waals surface area contributed by atoms with Crippen molar-refractivity contribution in [2.24, 2.45) is 5.73 Å². The van der Waals surface area contributed by atoms with Crippen LogP contribution in [0.25, 0.3) is 0 Å². The predicted molar refractivity (Wildman–Crippen MR) is 197 cm³/mol. The molecule has 0 unspecified atom stereocenters. The quantitative estimate of drug-likeness (QED) is 0.305. The minimum atomic E-state index is -3.01. The molecule has 50 heavy (non-hydrogen) atoms. The number of nitrogens with two attached hydrogens (primary N) is 1. The van der Waals surface area contributed by atoms with Gasteiger partial charge in [0, 0.05) is 119 Å². The maximum absolute atomic E-state index is 11.2. The van der Waals surface area contributed by atoms with Crippen LogP contribution in [0.4, 0.5) is 9.59 Å². The highest BCUT2D eigenvalue weighted by Gasteiger charge is 2.23. The van der Waals surface area contributed by atoms with E-state index in [1.54, 1.807) is 23.8 Å². The molecule has 278 valence electrons. The fraction of sp³-hybridized carbons (Fsp3) is 0.676. The van der Waals surface area contributed by atoms with Gasteiger partial charge in [0.15, 0.2) is 0 Å². The molecule has 0 aromatic carbocycles. The average Bonchev–Trinajstić information content (AvgIpc) is 3.10. The zero-order valence-electron chi connectivity index (χ0n) is 30.1. The summed E-state index contributed by atoms with van der Waals surface area (Å²) in [5.41, 5.74) is 5.11. The highest BCUT2D eigenvalue weighted by Crippen LogP contribution is 2.05. The van der Waals surface area contributed by atoms with Crippen molar-refractivity contribution >= 4 is 28.0 Å². The summed E-state index contributed by atoms with van der Waals surface area (Å²) < 4.78 is 23.7. The fourth-order valence-electron chi connectivity index (χ4n) is 5.35. The van der Waals surface area contributed by atoms with E-state index in [2.05, 4.69) is 48.6 Å². The monoisotopic (exact) mass is 716 g/mol. The van der Waals surface area contributed by atoms with Crippen LogP contribution in [-0.4, -0.2) is 209 Å². The van der Waals surface area contributed by atoms with Crippen LogP contribution in [0.3, 0.4) is 0 Å². The number of rotatable bonds is 5. The molecule has 4 rings (SSSR count). The number of carbonyl (C=O) groups excluding carboxylic acids is 3. The van der Waals surface area contributed by atoms with Crippen molar-refractivity contribution in [2.75, 3.05) is 144 Å². The van der Waals surface area contributed by atoms with Gasteiger partial charge in [-0.1, -0.05) is 23.7 Å². The number of terminal acetylenes is 4. The van der Waals surface area contributed by atoms with Gasteiger partial charge in [-0.3, -0.25) is 24.4 Å². The zero-order valence-corrected chi connectivity index (χ0v) is 30.9. The lowest BCUT2D eigenvalue weighted by Gasteiger charge is -2.33. The average molecular weight is 717 g/mol.